The molecule has 0 spiro atoms. The van der Waals surface area contributed by atoms with Crippen LogP contribution in [0.1, 0.15) is 18.2 Å². The van der Waals surface area contributed by atoms with Crippen LogP contribution in [0.2, 0.25) is 0 Å². The van der Waals surface area contributed by atoms with Gasteiger partial charge in [0.15, 0.2) is 11.4 Å². The van der Waals surface area contributed by atoms with Crippen molar-refractivity contribution in [3.63, 3.8) is 0 Å². The van der Waals surface area contributed by atoms with E-state index >= 15 is 0 Å². The van der Waals surface area contributed by atoms with Crippen molar-refractivity contribution in [2.45, 2.75) is 13.3 Å². The minimum Gasteiger partial charge on any atom is -0.436 e. The Labute approximate surface area is 190 Å². The molecule has 0 aromatic carbocycles. The average molecular weight is 491 g/mol. The first-order chi connectivity index (χ1) is 15.6. The number of halogens is 1. The molecule has 0 aliphatic heterocycles. The van der Waals surface area contributed by atoms with Gasteiger partial charge in [-0.1, -0.05) is 6.92 Å². The summed E-state index contributed by atoms with van der Waals surface area (Å²) in [5, 5.41) is 9.81. The van der Waals surface area contributed by atoms with E-state index < -0.39 is 0 Å². The van der Waals surface area contributed by atoms with E-state index in [-0.39, 0.29) is 11.9 Å². The molecule has 0 saturated heterocycles. The van der Waals surface area contributed by atoms with Crippen LogP contribution in [0.3, 0.4) is 0 Å². The number of pyridine rings is 2. The zero-order valence-electron chi connectivity index (χ0n) is 17.0. The van der Waals surface area contributed by atoms with Crippen LogP contribution in [0.5, 0.6) is 23.4 Å². The highest BCUT2D eigenvalue weighted by atomic mass is 79.9. The minimum atomic E-state index is 0.0744. The maximum atomic E-state index is 9.15. The van der Waals surface area contributed by atoms with Crippen LogP contribution >= 0.6 is 15.9 Å². The number of fused-ring (bicyclic) bond motifs is 2. The fraction of sp³-hybridized carbons (Fsp3) is 0.143. The monoisotopic (exact) mass is 490 g/mol. The third kappa shape index (κ3) is 3.50. The highest BCUT2D eigenvalue weighted by Crippen LogP contribution is 2.37. The summed E-state index contributed by atoms with van der Waals surface area (Å²) >= 11 is 3.60. The van der Waals surface area contributed by atoms with Crippen LogP contribution in [-0.4, -0.2) is 34.5 Å². The quantitative estimate of drug-likeness (QED) is 0.383. The molecule has 10 nitrogen and oxygen atoms in total. The van der Waals surface area contributed by atoms with Gasteiger partial charge in [0.05, 0.1) is 34.1 Å². The van der Waals surface area contributed by atoms with Crippen LogP contribution in [-0.2, 0) is 13.5 Å². The molecule has 5 aromatic rings. The number of imidazole rings is 1. The van der Waals surface area contributed by atoms with E-state index in [4.69, 9.17) is 14.7 Å². The van der Waals surface area contributed by atoms with Gasteiger partial charge in [0, 0.05) is 31.1 Å². The van der Waals surface area contributed by atoms with Gasteiger partial charge in [0.25, 0.3) is 0 Å². The molecule has 5 heterocycles. The lowest BCUT2D eigenvalue weighted by Crippen LogP contribution is -1.97. The average Bonchev–Trinajstić information content (AvgIpc) is 3.33. The van der Waals surface area contributed by atoms with Crippen LogP contribution < -0.4 is 9.47 Å². The predicted molar refractivity (Wildman–Crippen MR) is 119 cm³/mol. The Hall–Kier alpha value is -4.04. The van der Waals surface area contributed by atoms with Crippen LogP contribution in [0.25, 0.3) is 22.2 Å². The SMILES string of the molecule is CCc1[nH]c2nc(Oc3cnc4c(c3)ncn4C)nc(Oc3cncc(C#N)c3)c2c1Br. The number of nitrogens with zero attached hydrogens (tertiary/aromatic N) is 7. The molecule has 5 aromatic heterocycles. The zero-order valence-corrected chi connectivity index (χ0v) is 18.6. The number of aryl methyl sites for hydroxylation is 2. The second-order valence-corrected chi connectivity index (χ2v) is 7.69. The van der Waals surface area contributed by atoms with Gasteiger partial charge in [0.1, 0.15) is 23.0 Å². The second kappa shape index (κ2) is 7.90. The van der Waals surface area contributed by atoms with E-state index in [0.29, 0.717) is 33.6 Å². The van der Waals surface area contributed by atoms with Crippen molar-refractivity contribution in [1.82, 2.24) is 34.5 Å². The molecule has 5 rings (SSSR count). The summed E-state index contributed by atoms with van der Waals surface area (Å²) in [5.41, 5.74) is 3.30. The number of nitrogens with one attached hydrogen (secondary N) is 1. The van der Waals surface area contributed by atoms with E-state index in [1.165, 1.54) is 12.4 Å². The Morgan fingerprint density at radius 3 is 2.78 bits per heavy atom. The fourth-order valence-corrected chi connectivity index (χ4v) is 3.96. The number of aromatic amines is 1. The molecule has 0 radical (unpaired) electrons. The van der Waals surface area contributed by atoms with Crippen LogP contribution in [0.15, 0.2) is 41.5 Å². The summed E-state index contributed by atoms with van der Waals surface area (Å²) in [6.45, 7) is 2.02. The molecular weight excluding hydrogens is 476 g/mol. The molecule has 11 heteroatoms. The smallest absolute Gasteiger partial charge is 0.327 e. The molecule has 0 unspecified atom stereocenters. The number of aromatic nitrogens is 7. The lowest BCUT2D eigenvalue weighted by molar-refractivity contribution is 0.415. The molecule has 0 bridgehead atoms. The van der Waals surface area contributed by atoms with Gasteiger partial charge in [-0.2, -0.15) is 15.2 Å². The lowest BCUT2D eigenvalue weighted by atomic mass is 10.3. The Morgan fingerprint density at radius 1 is 1.12 bits per heavy atom. The number of hydrogen-bond acceptors (Lipinski definition) is 8. The third-order valence-corrected chi connectivity index (χ3v) is 5.63. The summed E-state index contributed by atoms with van der Waals surface area (Å²) in [4.78, 5) is 24.9. The molecule has 0 atom stereocenters. The van der Waals surface area contributed by atoms with Gasteiger partial charge >= 0.3 is 6.01 Å². The van der Waals surface area contributed by atoms with Crippen molar-refractivity contribution >= 4 is 38.1 Å². The van der Waals surface area contributed by atoms with Crippen molar-refractivity contribution in [1.29, 1.82) is 5.26 Å². The van der Waals surface area contributed by atoms with E-state index in [2.05, 4.69) is 45.8 Å². The number of ether oxygens (including phenoxy) is 2. The maximum absolute atomic E-state index is 9.15. The largest absolute Gasteiger partial charge is 0.436 e. The highest BCUT2D eigenvalue weighted by Gasteiger charge is 2.19. The summed E-state index contributed by atoms with van der Waals surface area (Å²) < 4.78 is 14.5. The topological polar surface area (TPSA) is 127 Å². The minimum absolute atomic E-state index is 0.0744. The Kier molecular flexibility index (Phi) is 4.91. The molecule has 32 heavy (non-hydrogen) atoms. The van der Waals surface area contributed by atoms with Crippen LogP contribution in [0, 0.1) is 11.3 Å². The molecule has 0 saturated carbocycles. The highest BCUT2D eigenvalue weighted by molar-refractivity contribution is 9.10. The van der Waals surface area contributed by atoms with Crippen molar-refractivity contribution in [3.8, 4) is 29.5 Å². The van der Waals surface area contributed by atoms with Crippen LogP contribution in [0.4, 0.5) is 0 Å². The van der Waals surface area contributed by atoms with Crippen molar-refractivity contribution in [2.24, 2.45) is 7.05 Å². The number of rotatable bonds is 5. The second-order valence-electron chi connectivity index (χ2n) is 6.90. The summed E-state index contributed by atoms with van der Waals surface area (Å²) in [6, 6.07) is 5.47. The summed E-state index contributed by atoms with van der Waals surface area (Å²) in [7, 11) is 1.87. The third-order valence-electron chi connectivity index (χ3n) is 4.75. The van der Waals surface area contributed by atoms with Crippen molar-refractivity contribution < 1.29 is 9.47 Å². The van der Waals surface area contributed by atoms with E-state index in [1.807, 2.05) is 24.6 Å². The van der Waals surface area contributed by atoms with Gasteiger partial charge in [-0.3, -0.25) is 4.98 Å². The Bertz CT molecular complexity index is 1520. The number of H-pyrrole nitrogens is 1. The van der Waals surface area contributed by atoms with E-state index in [9.17, 15) is 0 Å². The Balaban J connectivity index is 1.58. The van der Waals surface area contributed by atoms with E-state index in [1.54, 1.807) is 24.7 Å². The number of nitriles is 1. The van der Waals surface area contributed by atoms with Gasteiger partial charge < -0.3 is 19.0 Å². The molecule has 0 fully saturated rings. The van der Waals surface area contributed by atoms with E-state index in [0.717, 1.165) is 22.2 Å². The maximum Gasteiger partial charge on any atom is 0.327 e. The molecule has 1 N–H and O–H groups in total. The molecular formula is C21H15BrN8O2. The van der Waals surface area contributed by atoms with Gasteiger partial charge in [0.2, 0.25) is 5.88 Å². The van der Waals surface area contributed by atoms with Crippen molar-refractivity contribution in [3.05, 3.63) is 52.8 Å². The summed E-state index contributed by atoms with van der Waals surface area (Å²) in [5.74, 6) is 1.07. The van der Waals surface area contributed by atoms with Gasteiger partial charge in [-0.25, -0.2) is 9.97 Å². The fourth-order valence-electron chi connectivity index (χ4n) is 3.23. The molecule has 0 aliphatic rings. The Morgan fingerprint density at radius 2 is 1.97 bits per heavy atom. The van der Waals surface area contributed by atoms with Crippen molar-refractivity contribution in [2.75, 3.05) is 0 Å². The molecule has 0 amide bonds. The number of hydrogen-bond donors (Lipinski definition) is 1. The summed E-state index contributed by atoms with van der Waals surface area (Å²) in [6.07, 6.45) is 6.98. The normalized spacial score (nSPS) is 11.1. The molecule has 0 aliphatic carbocycles. The standard InChI is InChI=1S/C21H15BrN8O2/c1-3-14-17(22)16-18(27-14)28-21(29-20(16)31-12-4-11(6-23)7-24-8-12)32-13-5-15-19(25-9-13)30(2)10-26-15/h4-5,7-10H,3H2,1-2H3,(H,27,28,29). The first-order valence-electron chi connectivity index (χ1n) is 9.61. The first kappa shape index (κ1) is 19.9. The zero-order chi connectivity index (χ0) is 22.2. The first-order valence-corrected chi connectivity index (χ1v) is 10.4. The lowest BCUT2D eigenvalue weighted by Gasteiger charge is -2.09. The van der Waals surface area contributed by atoms with Gasteiger partial charge in [-0.15, -0.1) is 0 Å². The predicted octanol–water partition coefficient (Wildman–Crippen LogP) is 4.42. The molecule has 158 valence electrons. The van der Waals surface area contributed by atoms with Gasteiger partial charge in [-0.05, 0) is 22.4 Å².